The lowest BCUT2D eigenvalue weighted by Gasteiger charge is -2.39. The first kappa shape index (κ1) is 19.7. The Morgan fingerprint density at radius 1 is 1.04 bits per heavy atom. The SMILES string of the molecule is COc1ccc(F)c(C(=O)N2CCC(C(=O)O)(c3ccccc3)CC2)c1OC. The molecule has 1 saturated heterocycles. The van der Waals surface area contributed by atoms with Crippen molar-refractivity contribution in [3.8, 4) is 11.5 Å². The maximum absolute atomic E-state index is 14.4. The van der Waals surface area contributed by atoms with Gasteiger partial charge in [-0.05, 0) is 30.5 Å². The molecule has 0 bridgehead atoms. The number of likely N-dealkylation sites (tertiary alicyclic amines) is 1. The number of carboxylic acids is 1. The second-order valence-electron chi connectivity index (χ2n) is 6.70. The van der Waals surface area contributed by atoms with Crippen molar-refractivity contribution in [1.29, 1.82) is 0 Å². The molecule has 1 fully saturated rings. The second kappa shape index (κ2) is 7.88. The van der Waals surface area contributed by atoms with Crippen molar-refractivity contribution in [3.63, 3.8) is 0 Å². The summed E-state index contributed by atoms with van der Waals surface area (Å²) >= 11 is 0. The number of methoxy groups -OCH3 is 2. The van der Waals surface area contributed by atoms with Gasteiger partial charge in [0.15, 0.2) is 11.5 Å². The molecule has 7 heteroatoms. The van der Waals surface area contributed by atoms with E-state index < -0.39 is 23.1 Å². The number of hydrogen-bond donors (Lipinski definition) is 1. The van der Waals surface area contributed by atoms with Crippen LogP contribution in [0.4, 0.5) is 4.39 Å². The van der Waals surface area contributed by atoms with Gasteiger partial charge in [-0.3, -0.25) is 9.59 Å². The van der Waals surface area contributed by atoms with Crippen LogP contribution in [0.5, 0.6) is 11.5 Å². The fourth-order valence-corrected chi connectivity index (χ4v) is 3.74. The predicted octanol–water partition coefficient (Wildman–Crippen LogP) is 3.10. The summed E-state index contributed by atoms with van der Waals surface area (Å²) in [4.78, 5) is 26.5. The molecule has 2 aromatic rings. The molecule has 0 atom stereocenters. The first-order valence-corrected chi connectivity index (χ1v) is 8.93. The third-order valence-electron chi connectivity index (χ3n) is 5.35. The van der Waals surface area contributed by atoms with E-state index in [4.69, 9.17) is 9.47 Å². The molecule has 0 unspecified atom stereocenters. The molecule has 0 aliphatic carbocycles. The summed E-state index contributed by atoms with van der Waals surface area (Å²) in [6, 6.07) is 11.6. The highest BCUT2D eigenvalue weighted by molar-refractivity contribution is 5.98. The van der Waals surface area contributed by atoms with Crippen molar-refractivity contribution < 1.29 is 28.6 Å². The normalized spacial score (nSPS) is 15.8. The summed E-state index contributed by atoms with van der Waals surface area (Å²) < 4.78 is 24.8. The van der Waals surface area contributed by atoms with Crippen molar-refractivity contribution in [3.05, 3.63) is 59.4 Å². The maximum Gasteiger partial charge on any atom is 0.314 e. The van der Waals surface area contributed by atoms with Crippen molar-refractivity contribution in [1.82, 2.24) is 4.90 Å². The van der Waals surface area contributed by atoms with Gasteiger partial charge in [-0.15, -0.1) is 0 Å². The van der Waals surface area contributed by atoms with Crippen molar-refractivity contribution in [2.24, 2.45) is 0 Å². The van der Waals surface area contributed by atoms with Crippen LogP contribution in [0.2, 0.25) is 0 Å². The Bertz CT molecular complexity index is 876. The Kier molecular flexibility index (Phi) is 5.53. The molecule has 1 aliphatic heterocycles. The Labute approximate surface area is 162 Å². The van der Waals surface area contributed by atoms with E-state index in [9.17, 15) is 19.1 Å². The topological polar surface area (TPSA) is 76.1 Å². The zero-order valence-corrected chi connectivity index (χ0v) is 15.8. The van der Waals surface area contributed by atoms with Gasteiger partial charge < -0.3 is 19.5 Å². The van der Waals surface area contributed by atoms with Gasteiger partial charge in [-0.2, -0.15) is 0 Å². The highest BCUT2D eigenvalue weighted by atomic mass is 19.1. The smallest absolute Gasteiger partial charge is 0.314 e. The number of aliphatic carboxylic acids is 1. The summed E-state index contributed by atoms with van der Waals surface area (Å²) in [5.74, 6) is -1.88. The van der Waals surface area contributed by atoms with Crippen molar-refractivity contribution >= 4 is 11.9 Å². The third-order valence-corrected chi connectivity index (χ3v) is 5.35. The van der Waals surface area contributed by atoms with Gasteiger partial charge in [-0.1, -0.05) is 30.3 Å². The van der Waals surface area contributed by atoms with Crippen LogP contribution in [0, 0.1) is 5.82 Å². The molecule has 1 N–H and O–H groups in total. The Morgan fingerprint density at radius 3 is 2.21 bits per heavy atom. The van der Waals surface area contributed by atoms with Gasteiger partial charge in [0.1, 0.15) is 11.4 Å². The number of piperidine rings is 1. The van der Waals surface area contributed by atoms with Crippen molar-refractivity contribution in [2.45, 2.75) is 18.3 Å². The summed E-state index contributed by atoms with van der Waals surface area (Å²) in [6.45, 7) is 0.389. The van der Waals surface area contributed by atoms with Crippen molar-refractivity contribution in [2.75, 3.05) is 27.3 Å². The fourth-order valence-electron chi connectivity index (χ4n) is 3.74. The molecule has 0 spiro atoms. The quantitative estimate of drug-likeness (QED) is 0.853. The second-order valence-corrected chi connectivity index (χ2v) is 6.70. The monoisotopic (exact) mass is 387 g/mol. The minimum atomic E-state index is -1.06. The molecule has 6 nitrogen and oxygen atoms in total. The molecule has 2 aromatic carbocycles. The van der Waals surface area contributed by atoms with Crippen LogP contribution < -0.4 is 9.47 Å². The number of halogens is 1. The minimum absolute atomic E-state index is 0.0330. The number of ether oxygens (including phenoxy) is 2. The van der Waals surface area contributed by atoms with Gasteiger partial charge in [-0.25, -0.2) is 4.39 Å². The molecule has 0 radical (unpaired) electrons. The number of carbonyl (C=O) groups is 2. The minimum Gasteiger partial charge on any atom is -0.493 e. The van der Waals surface area contributed by atoms with Gasteiger partial charge >= 0.3 is 5.97 Å². The largest absolute Gasteiger partial charge is 0.493 e. The van der Waals surface area contributed by atoms with Crippen LogP contribution in [0.25, 0.3) is 0 Å². The predicted molar refractivity (Wildman–Crippen MR) is 100 cm³/mol. The molecule has 3 rings (SSSR count). The Morgan fingerprint density at radius 2 is 1.68 bits per heavy atom. The lowest BCUT2D eigenvalue weighted by atomic mass is 9.72. The fraction of sp³-hybridized carbons (Fsp3) is 0.333. The molecular weight excluding hydrogens is 365 g/mol. The molecular formula is C21H22FNO5. The molecule has 148 valence electrons. The average molecular weight is 387 g/mol. The van der Waals surface area contributed by atoms with Crippen LogP contribution in [0.1, 0.15) is 28.8 Å². The summed E-state index contributed by atoms with van der Waals surface area (Å²) in [6.07, 6.45) is 0.484. The van der Waals surface area contributed by atoms with Crippen LogP contribution in [0.15, 0.2) is 42.5 Å². The zero-order valence-electron chi connectivity index (χ0n) is 15.8. The first-order valence-electron chi connectivity index (χ1n) is 8.93. The van der Waals surface area contributed by atoms with E-state index in [0.717, 1.165) is 6.07 Å². The Balaban J connectivity index is 1.88. The lowest BCUT2D eigenvalue weighted by Crippen LogP contribution is -2.49. The highest BCUT2D eigenvalue weighted by Gasteiger charge is 2.44. The van der Waals surface area contributed by atoms with E-state index in [-0.39, 0.29) is 43.0 Å². The number of benzene rings is 2. The average Bonchev–Trinajstić information content (AvgIpc) is 2.73. The molecule has 0 aromatic heterocycles. The third kappa shape index (κ3) is 3.28. The number of carbonyl (C=O) groups excluding carboxylic acids is 1. The Hall–Kier alpha value is -3.09. The highest BCUT2D eigenvalue weighted by Crippen LogP contribution is 2.38. The van der Waals surface area contributed by atoms with E-state index in [1.807, 2.05) is 6.07 Å². The van der Waals surface area contributed by atoms with E-state index in [1.54, 1.807) is 24.3 Å². The first-order chi connectivity index (χ1) is 13.4. The van der Waals surface area contributed by atoms with Crippen LogP contribution in [-0.4, -0.2) is 49.2 Å². The molecule has 0 saturated carbocycles. The summed E-state index contributed by atoms with van der Waals surface area (Å²) in [5, 5.41) is 9.88. The molecule has 1 aliphatic rings. The molecule has 1 heterocycles. The van der Waals surface area contributed by atoms with Gasteiger partial charge in [0.25, 0.3) is 5.91 Å². The molecule has 1 amide bonds. The van der Waals surface area contributed by atoms with E-state index in [2.05, 4.69) is 0 Å². The van der Waals surface area contributed by atoms with Crippen LogP contribution in [0.3, 0.4) is 0 Å². The lowest BCUT2D eigenvalue weighted by molar-refractivity contribution is -0.145. The number of carboxylic acid groups (broad SMARTS) is 1. The number of hydrogen-bond acceptors (Lipinski definition) is 4. The van der Waals surface area contributed by atoms with Crippen LogP contribution in [-0.2, 0) is 10.2 Å². The maximum atomic E-state index is 14.4. The summed E-state index contributed by atoms with van der Waals surface area (Å²) in [7, 11) is 2.75. The van der Waals surface area contributed by atoms with Gasteiger partial charge in [0, 0.05) is 13.1 Å². The van der Waals surface area contributed by atoms with E-state index >= 15 is 0 Å². The summed E-state index contributed by atoms with van der Waals surface area (Å²) in [5.41, 5.74) is -0.557. The van der Waals surface area contributed by atoms with Gasteiger partial charge in [0.2, 0.25) is 0 Å². The number of amides is 1. The standard InChI is InChI=1S/C21H22FNO5/c1-27-16-9-8-15(22)17(18(16)28-2)19(24)23-12-10-21(11-13-23,20(25)26)14-6-4-3-5-7-14/h3-9H,10-13H2,1-2H3,(H,25,26). The number of nitrogens with zero attached hydrogens (tertiary/aromatic N) is 1. The zero-order chi connectivity index (χ0) is 20.3. The number of rotatable bonds is 5. The van der Waals surface area contributed by atoms with Gasteiger partial charge in [0.05, 0.1) is 19.6 Å². The molecule has 28 heavy (non-hydrogen) atoms. The van der Waals surface area contributed by atoms with E-state index in [1.165, 1.54) is 25.2 Å². The van der Waals surface area contributed by atoms with Crippen LogP contribution >= 0.6 is 0 Å². The van der Waals surface area contributed by atoms with E-state index in [0.29, 0.717) is 5.56 Å².